The Kier molecular flexibility index (Phi) is 8.89. The van der Waals surface area contributed by atoms with Gasteiger partial charge in [-0.1, -0.05) is 71.0 Å². The Morgan fingerprint density at radius 3 is 1.74 bits per heavy atom. The zero-order chi connectivity index (χ0) is 35.8. The van der Waals surface area contributed by atoms with Crippen LogP contribution < -0.4 is 19.7 Å². The van der Waals surface area contributed by atoms with Gasteiger partial charge in [0.05, 0.1) is 22.4 Å². The number of carbonyl (C=O) groups excluding carboxylic acids is 4. The van der Waals surface area contributed by atoms with Gasteiger partial charge in [-0.2, -0.15) is 0 Å². The molecular weight excluding hydrogens is 628 g/mol. The minimum atomic E-state index is -0.375. The standard InChI is InChI=1S/C42H38N2O6/c1-41(2,3)29-8-7-9-30(23-29)44-39(47)36-21-19-34(24-37(36)40(44)48)50-32-16-12-28(13-17-32)42(4,5)27-10-14-31(15-11-27)49-33-18-20-35(38(46)43-6)26(22-33)25-45/h7-25H,1-6H3,(H,43,46). The third-order valence-corrected chi connectivity index (χ3v) is 9.07. The fraction of sp³-hybridized carbons (Fsp3) is 0.190. The summed E-state index contributed by atoms with van der Waals surface area (Å²) in [5.74, 6) is 1.03. The van der Waals surface area contributed by atoms with Crippen LogP contribution in [0.15, 0.2) is 109 Å². The van der Waals surface area contributed by atoms with Crippen LogP contribution in [0.25, 0.3) is 0 Å². The Morgan fingerprint density at radius 2 is 1.18 bits per heavy atom. The van der Waals surface area contributed by atoms with E-state index in [1.165, 1.54) is 11.9 Å². The van der Waals surface area contributed by atoms with Crippen molar-refractivity contribution in [2.75, 3.05) is 11.9 Å². The summed E-state index contributed by atoms with van der Waals surface area (Å²) in [6, 6.07) is 32.7. The average molecular weight is 667 g/mol. The van der Waals surface area contributed by atoms with E-state index in [2.05, 4.69) is 39.9 Å². The molecule has 0 atom stereocenters. The first-order valence-electron chi connectivity index (χ1n) is 16.3. The van der Waals surface area contributed by atoms with Crippen LogP contribution in [-0.4, -0.2) is 31.1 Å². The molecule has 0 spiro atoms. The van der Waals surface area contributed by atoms with Crippen molar-refractivity contribution in [2.24, 2.45) is 0 Å². The van der Waals surface area contributed by atoms with Crippen LogP contribution in [-0.2, 0) is 10.8 Å². The average Bonchev–Trinajstić information content (AvgIpc) is 3.36. The summed E-state index contributed by atoms with van der Waals surface area (Å²) in [7, 11) is 1.51. The number of ether oxygens (including phenoxy) is 2. The second-order valence-electron chi connectivity index (χ2n) is 13.8. The number of hydrogen-bond acceptors (Lipinski definition) is 6. The molecule has 0 saturated heterocycles. The van der Waals surface area contributed by atoms with Gasteiger partial charge in [0.1, 0.15) is 23.0 Å². The molecule has 0 fully saturated rings. The molecular formula is C42H38N2O6. The number of anilines is 1. The lowest BCUT2D eigenvalue weighted by atomic mass is 9.78. The van der Waals surface area contributed by atoms with E-state index in [1.54, 1.807) is 42.5 Å². The largest absolute Gasteiger partial charge is 0.457 e. The van der Waals surface area contributed by atoms with Gasteiger partial charge in [-0.05, 0) is 94.9 Å². The molecule has 1 N–H and O–H groups in total. The highest BCUT2D eigenvalue weighted by atomic mass is 16.5. The topological polar surface area (TPSA) is 102 Å². The number of carbonyl (C=O) groups is 4. The quantitative estimate of drug-likeness (QED) is 0.125. The maximum Gasteiger partial charge on any atom is 0.266 e. The van der Waals surface area contributed by atoms with Crippen molar-refractivity contribution in [1.29, 1.82) is 0 Å². The van der Waals surface area contributed by atoms with Crippen LogP contribution in [0.1, 0.15) is 92.7 Å². The summed E-state index contributed by atoms with van der Waals surface area (Å²) >= 11 is 0. The van der Waals surface area contributed by atoms with Crippen molar-refractivity contribution in [1.82, 2.24) is 5.32 Å². The maximum atomic E-state index is 13.5. The lowest BCUT2D eigenvalue weighted by molar-refractivity contribution is 0.0922. The van der Waals surface area contributed by atoms with E-state index in [4.69, 9.17) is 9.47 Å². The van der Waals surface area contributed by atoms with Gasteiger partial charge < -0.3 is 14.8 Å². The number of amides is 3. The molecule has 6 rings (SSSR count). The van der Waals surface area contributed by atoms with Crippen molar-refractivity contribution in [2.45, 2.75) is 45.4 Å². The van der Waals surface area contributed by atoms with Gasteiger partial charge >= 0.3 is 0 Å². The SMILES string of the molecule is CNC(=O)c1ccc(Oc2ccc(C(C)(C)c3ccc(Oc4ccc5c(c4)C(=O)N(c4cccc(C(C)(C)C)c4)C5=O)cc3)cc2)cc1C=O. The van der Waals surface area contributed by atoms with Crippen molar-refractivity contribution in [3.63, 3.8) is 0 Å². The normalized spacial score (nSPS) is 12.8. The van der Waals surface area contributed by atoms with Gasteiger partial charge in [-0.15, -0.1) is 0 Å². The molecule has 3 amide bonds. The van der Waals surface area contributed by atoms with E-state index >= 15 is 0 Å². The predicted molar refractivity (Wildman–Crippen MR) is 193 cm³/mol. The number of aldehydes is 1. The van der Waals surface area contributed by atoms with Crippen LogP contribution in [0, 0.1) is 0 Å². The number of rotatable bonds is 9. The lowest BCUT2D eigenvalue weighted by Gasteiger charge is -2.26. The summed E-state index contributed by atoms with van der Waals surface area (Å²) in [5, 5.41) is 2.53. The molecule has 0 aromatic heterocycles. The molecule has 5 aromatic carbocycles. The Bertz CT molecular complexity index is 2130. The maximum absolute atomic E-state index is 13.5. The van der Waals surface area contributed by atoms with E-state index in [0.717, 1.165) is 16.7 Å². The van der Waals surface area contributed by atoms with Gasteiger partial charge in [0.2, 0.25) is 0 Å². The van der Waals surface area contributed by atoms with Crippen molar-refractivity contribution >= 4 is 29.7 Å². The van der Waals surface area contributed by atoms with E-state index < -0.39 is 0 Å². The highest BCUT2D eigenvalue weighted by molar-refractivity contribution is 6.34. The summed E-state index contributed by atoms with van der Waals surface area (Å²) in [6.07, 6.45) is 0.635. The molecule has 252 valence electrons. The number of hydrogen-bond donors (Lipinski definition) is 1. The van der Waals surface area contributed by atoms with Crippen LogP contribution in [0.4, 0.5) is 5.69 Å². The summed E-state index contributed by atoms with van der Waals surface area (Å²) in [4.78, 5) is 51.5. The smallest absolute Gasteiger partial charge is 0.266 e. The fourth-order valence-electron chi connectivity index (χ4n) is 5.99. The molecule has 0 aliphatic carbocycles. The Hall–Kier alpha value is -6.02. The first kappa shape index (κ1) is 33.9. The van der Waals surface area contributed by atoms with E-state index in [-0.39, 0.29) is 39.7 Å². The van der Waals surface area contributed by atoms with Crippen LogP contribution >= 0.6 is 0 Å². The molecule has 5 aromatic rings. The van der Waals surface area contributed by atoms with Crippen molar-refractivity contribution in [3.05, 3.63) is 148 Å². The minimum absolute atomic E-state index is 0.130. The van der Waals surface area contributed by atoms with E-state index in [1.807, 2.05) is 66.7 Å². The molecule has 0 bridgehead atoms. The number of nitrogens with one attached hydrogen (secondary N) is 1. The third-order valence-electron chi connectivity index (χ3n) is 9.07. The number of fused-ring (bicyclic) bond motifs is 1. The first-order valence-corrected chi connectivity index (χ1v) is 16.3. The lowest BCUT2D eigenvalue weighted by Crippen LogP contribution is -2.29. The van der Waals surface area contributed by atoms with Crippen molar-refractivity contribution in [3.8, 4) is 23.0 Å². The summed E-state index contributed by atoms with van der Waals surface area (Å²) < 4.78 is 12.1. The number of benzene rings is 5. The predicted octanol–water partition coefficient (Wildman–Crippen LogP) is 8.87. The molecule has 8 nitrogen and oxygen atoms in total. The highest BCUT2D eigenvalue weighted by Crippen LogP contribution is 2.37. The zero-order valence-corrected chi connectivity index (χ0v) is 28.9. The number of imide groups is 1. The molecule has 0 unspecified atom stereocenters. The molecule has 0 radical (unpaired) electrons. The van der Waals surface area contributed by atoms with E-state index in [9.17, 15) is 19.2 Å². The zero-order valence-electron chi connectivity index (χ0n) is 28.9. The van der Waals surface area contributed by atoms with Gasteiger partial charge in [-0.3, -0.25) is 19.2 Å². The van der Waals surface area contributed by atoms with Gasteiger partial charge in [0, 0.05) is 18.0 Å². The van der Waals surface area contributed by atoms with Gasteiger partial charge in [-0.25, -0.2) is 4.90 Å². The molecule has 8 heteroatoms. The highest BCUT2D eigenvalue weighted by Gasteiger charge is 2.37. The summed E-state index contributed by atoms with van der Waals surface area (Å²) in [5.41, 5.74) is 4.40. The fourth-order valence-corrected chi connectivity index (χ4v) is 5.99. The van der Waals surface area contributed by atoms with Crippen LogP contribution in [0.5, 0.6) is 23.0 Å². The molecule has 1 aliphatic heterocycles. The van der Waals surface area contributed by atoms with Crippen molar-refractivity contribution < 1.29 is 28.7 Å². The van der Waals surface area contributed by atoms with E-state index in [0.29, 0.717) is 46.1 Å². The van der Waals surface area contributed by atoms with Crippen LogP contribution in [0.2, 0.25) is 0 Å². The Morgan fingerprint density at radius 1 is 0.640 bits per heavy atom. The molecule has 1 heterocycles. The monoisotopic (exact) mass is 666 g/mol. The molecule has 0 saturated carbocycles. The molecule has 1 aliphatic rings. The van der Waals surface area contributed by atoms with Gasteiger partial charge in [0.25, 0.3) is 17.7 Å². The minimum Gasteiger partial charge on any atom is -0.457 e. The van der Waals surface area contributed by atoms with Gasteiger partial charge in [0.15, 0.2) is 6.29 Å². The first-order chi connectivity index (χ1) is 23.8. The second kappa shape index (κ2) is 13.1. The number of nitrogens with zero attached hydrogens (tertiary/aromatic N) is 1. The Labute approximate surface area is 291 Å². The van der Waals surface area contributed by atoms with Crippen LogP contribution in [0.3, 0.4) is 0 Å². The molecule has 50 heavy (non-hydrogen) atoms. The third kappa shape index (κ3) is 6.52. The second-order valence-corrected chi connectivity index (χ2v) is 13.8. The summed E-state index contributed by atoms with van der Waals surface area (Å²) in [6.45, 7) is 10.5. The Balaban J connectivity index is 1.14.